The van der Waals surface area contributed by atoms with Gasteiger partial charge in [-0.2, -0.15) is 0 Å². The summed E-state index contributed by atoms with van der Waals surface area (Å²) in [6.45, 7) is 4.18. The Hall–Kier alpha value is 0.280. The van der Waals surface area contributed by atoms with E-state index in [1.807, 2.05) is 12.4 Å². The maximum Gasteiger partial charge on any atom is 1.00 e. The average Bonchev–Trinajstić information content (AvgIpc) is 1.91. The van der Waals surface area contributed by atoms with Crippen LogP contribution in [-0.4, -0.2) is 4.98 Å². The van der Waals surface area contributed by atoms with Crippen LogP contribution in [0.3, 0.4) is 0 Å². The molecule has 0 bridgehead atoms. The van der Waals surface area contributed by atoms with Gasteiger partial charge in [0, 0.05) is 12.4 Å². The molecule has 1 heterocycles. The Morgan fingerprint density at radius 1 is 1.25 bits per heavy atom. The van der Waals surface area contributed by atoms with Crippen molar-refractivity contribution in [2.75, 3.05) is 0 Å². The molecule has 1 rings (SSSR count). The van der Waals surface area contributed by atoms with E-state index in [9.17, 15) is 0 Å². The van der Waals surface area contributed by atoms with Crippen molar-refractivity contribution in [3.8, 4) is 0 Å². The minimum Gasteiger partial charge on any atom is -1.00 e. The Labute approximate surface area is 73.3 Å². The molecule has 1 nitrogen and oxygen atoms in total. The van der Waals surface area contributed by atoms with Gasteiger partial charge in [0.15, 0.2) is 0 Å². The predicted octanol–water partition coefficient (Wildman–Crippen LogP) is -1.25. The van der Waals surface area contributed by atoms with E-state index in [0.717, 1.165) is 0 Å². The number of H-pyrrole nitrogens is 1. The van der Waals surface area contributed by atoms with E-state index >= 15 is 0 Å². The Balaban J connectivity index is 0. The Morgan fingerprint density at radius 2 is 1.62 bits per heavy atom. The average molecular weight is 119 g/mol. The van der Waals surface area contributed by atoms with Crippen molar-refractivity contribution in [3.63, 3.8) is 0 Å². The monoisotopic (exact) mass is 119 g/mol. The maximum atomic E-state index is 3.00. The summed E-state index contributed by atoms with van der Waals surface area (Å²) < 4.78 is 0. The number of hydrogen-bond donors (Lipinski definition) is 1. The van der Waals surface area contributed by atoms with Crippen LogP contribution < -0.4 is 29.6 Å². The zero-order valence-corrected chi connectivity index (χ0v) is 7.65. The fraction of sp³-hybridized carbons (Fsp3) is 0.333. The van der Waals surface area contributed by atoms with Crippen molar-refractivity contribution < 1.29 is 31.0 Å². The zero-order chi connectivity index (χ0) is 5.28. The summed E-state index contributed by atoms with van der Waals surface area (Å²) in [5.41, 5.74) is 2.67. The van der Waals surface area contributed by atoms with E-state index in [4.69, 9.17) is 0 Å². The molecule has 0 atom stereocenters. The largest absolute Gasteiger partial charge is 1.00 e. The number of hydrogen-bond acceptors (Lipinski definition) is 0. The van der Waals surface area contributed by atoms with Crippen LogP contribution in [0.4, 0.5) is 0 Å². The van der Waals surface area contributed by atoms with Crippen LogP contribution in [0.15, 0.2) is 12.4 Å². The number of nitrogens with one attached hydrogen (secondary N) is 1. The summed E-state index contributed by atoms with van der Waals surface area (Å²) in [5.74, 6) is 0. The molecular formula is C6H10NNa. The van der Waals surface area contributed by atoms with E-state index in [0.29, 0.717) is 0 Å². The van der Waals surface area contributed by atoms with Crippen molar-refractivity contribution in [2.24, 2.45) is 0 Å². The topological polar surface area (TPSA) is 15.8 Å². The first-order chi connectivity index (χ1) is 3.30. The fourth-order valence-electron chi connectivity index (χ4n) is 0.519. The second-order valence-electron chi connectivity index (χ2n) is 1.82. The summed E-state index contributed by atoms with van der Waals surface area (Å²) in [7, 11) is 0. The van der Waals surface area contributed by atoms with E-state index in [1.165, 1.54) is 11.1 Å². The second-order valence-corrected chi connectivity index (χ2v) is 1.82. The molecule has 8 heavy (non-hydrogen) atoms. The third-order valence-electron chi connectivity index (χ3n) is 1.22. The summed E-state index contributed by atoms with van der Waals surface area (Å²) in [4.78, 5) is 3.00. The molecule has 0 saturated carbocycles. The zero-order valence-electron chi connectivity index (χ0n) is 6.65. The van der Waals surface area contributed by atoms with E-state index in [1.54, 1.807) is 0 Å². The minimum absolute atomic E-state index is 0. The molecule has 1 aromatic heterocycles. The summed E-state index contributed by atoms with van der Waals surface area (Å²) in [5, 5.41) is 0. The van der Waals surface area contributed by atoms with Gasteiger partial charge in [0.05, 0.1) is 0 Å². The standard InChI is InChI=1S/C6H9N.Na.H/c1-5-3-7-4-6(5)2;;/h3-4,7H,1-2H3;;/q;+1;-1. The summed E-state index contributed by atoms with van der Waals surface area (Å²) in [6.07, 6.45) is 3.99. The first-order valence-electron chi connectivity index (χ1n) is 2.40. The molecular weight excluding hydrogens is 109 g/mol. The van der Waals surface area contributed by atoms with Crippen LogP contribution in [-0.2, 0) is 0 Å². The molecule has 0 unspecified atom stereocenters. The molecule has 2 heteroatoms. The summed E-state index contributed by atoms with van der Waals surface area (Å²) >= 11 is 0. The van der Waals surface area contributed by atoms with Crippen molar-refractivity contribution in [1.82, 2.24) is 4.98 Å². The molecule has 0 amide bonds. The van der Waals surface area contributed by atoms with Crippen LogP contribution in [0.2, 0.25) is 0 Å². The van der Waals surface area contributed by atoms with Gasteiger partial charge in [0.25, 0.3) is 0 Å². The quantitative estimate of drug-likeness (QED) is 0.411. The predicted molar refractivity (Wildman–Crippen MR) is 31.4 cm³/mol. The minimum atomic E-state index is 0. The maximum absolute atomic E-state index is 3.00. The van der Waals surface area contributed by atoms with Gasteiger partial charge in [0.1, 0.15) is 0 Å². The first kappa shape index (κ1) is 8.28. The molecule has 0 aliphatic rings. The Morgan fingerprint density at radius 3 is 1.75 bits per heavy atom. The SMILES string of the molecule is Cc1c[nH]cc1C.[H-].[Na+]. The molecule has 0 spiro atoms. The van der Waals surface area contributed by atoms with Crippen LogP contribution in [0.1, 0.15) is 12.6 Å². The first-order valence-corrected chi connectivity index (χ1v) is 2.40. The molecule has 0 fully saturated rings. The fourth-order valence-corrected chi connectivity index (χ4v) is 0.519. The number of aromatic amines is 1. The molecule has 40 valence electrons. The van der Waals surface area contributed by atoms with Gasteiger partial charge in [-0.15, -0.1) is 0 Å². The van der Waals surface area contributed by atoms with Crippen LogP contribution in [0.5, 0.6) is 0 Å². The van der Waals surface area contributed by atoms with Gasteiger partial charge in [-0.1, -0.05) is 0 Å². The number of aromatic nitrogens is 1. The van der Waals surface area contributed by atoms with Gasteiger partial charge in [-0.3, -0.25) is 0 Å². The molecule has 1 N–H and O–H groups in total. The normalized spacial score (nSPS) is 8.25. The molecule has 1 aromatic rings. The number of rotatable bonds is 0. The Bertz CT molecular complexity index is 145. The molecule has 0 aromatic carbocycles. The third-order valence-corrected chi connectivity index (χ3v) is 1.22. The molecule has 0 aliphatic heterocycles. The van der Waals surface area contributed by atoms with Crippen LogP contribution in [0.25, 0.3) is 0 Å². The third kappa shape index (κ3) is 1.66. The van der Waals surface area contributed by atoms with E-state index in [2.05, 4.69) is 18.8 Å². The van der Waals surface area contributed by atoms with Gasteiger partial charge in [-0.25, -0.2) is 0 Å². The number of aryl methyl sites for hydroxylation is 2. The van der Waals surface area contributed by atoms with Gasteiger partial charge in [0.2, 0.25) is 0 Å². The molecule has 0 radical (unpaired) electrons. The van der Waals surface area contributed by atoms with Crippen molar-refractivity contribution in [2.45, 2.75) is 13.8 Å². The van der Waals surface area contributed by atoms with Crippen LogP contribution >= 0.6 is 0 Å². The smallest absolute Gasteiger partial charge is 1.00 e. The van der Waals surface area contributed by atoms with Crippen LogP contribution in [0, 0.1) is 13.8 Å². The molecule has 0 saturated heterocycles. The second kappa shape index (κ2) is 3.33. The van der Waals surface area contributed by atoms with Gasteiger partial charge >= 0.3 is 29.6 Å². The van der Waals surface area contributed by atoms with Crippen molar-refractivity contribution in [3.05, 3.63) is 23.5 Å². The Kier molecular flexibility index (Phi) is 3.45. The van der Waals surface area contributed by atoms with Crippen molar-refractivity contribution in [1.29, 1.82) is 0 Å². The molecule has 0 aliphatic carbocycles. The van der Waals surface area contributed by atoms with E-state index in [-0.39, 0.29) is 31.0 Å². The van der Waals surface area contributed by atoms with Gasteiger partial charge < -0.3 is 6.41 Å². The van der Waals surface area contributed by atoms with E-state index < -0.39 is 0 Å². The van der Waals surface area contributed by atoms with Gasteiger partial charge in [-0.05, 0) is 25.0 Å². The summed E-state index contributed by atoms with van der Waals surface area (Å²) in [6, 6.07) is 0. The van der Waals surface area contributed by atoms with Crippen molar-refractivity contribution >= 4 is 0 Å².